The lowest BCUT2D eigenvalue weighted by atomic mass is 9.87. The zero-order valence-corrected chi connectivity index (χ0v) is 15.8. The van der Waals surface area contributed by atoms with Crippen molar-refractivity contribution >= 4 is 17.7 Å². The molecule has 2 aliphatic rings. The highest BCUT2D eigenvalue weighted by Gasteiger charge is 2.23. The first-order chi connectivity index (χ1) is 12.8. The molecule has 3 nitrogen and oxygen atoms in total. The summed E-state index contributed by atoms with van der Waals surface area (Å²) in [5.41, 5.74) is 3.42. The van der Waals surface area contributed by atoms with Gasteiger partial charge >= 0.3 is 0 Å². The molecule has 1 heterocycles. The summed E-state index contributed by atoms with van der Waals surface area (Å²) in [5.74, 6) is 0.943. The van der Waals surface area contributed by atoms with E-state index in [0.717, 1.165) is 54.9 Å². The van der Waals surface area contributed by atoms with Crippen molar-refractivity contribution in [1.82, 2.24) is 5.32 Å². The van der Waals surface area contributed by atoms with Crippen molar-refractivity contribution in [2.75, 3.05) is 12.4 Å². The number of amides is 1. The van der Waals surface area contributed by atoms with Gasteiger partial charge in [0, 0.05) is 17.3 Å². The monoisotopic (exact) mass is 367 g/mol. The number of carbonyl (C=O) groups is 1. The predicted molar refractivity (Wildman–Crippen MR) is 106 cm³/mol. The molecule has 26 heavy (non-hydrogen) atoms. The molecule has 1 amide bonds. The van der Waals surface area contributed by atoms with Crippen molar-refractivity contribution in [2.45, 2.75) is 49.1 Å². The van der Waals surface area contributed by atoms with Crippen LogP contribution < -0.4 is 5.32 Å². The van der Waals surface area contributed by atoms with Crippen LogP contribution in [0.4, 0.5) is 0 Å². The second-order valence-electron chi connectivity index (χ2n) is 7.06. The smallest absolute Gasteiger partial charge is 0.252 e. The second kappa shape index (κ2) is 8.28. The maximum Gasteiger partial charge on any atom is 0.252 e. The van der Waals surface area contributed by atoms with E-state index in [0.29, 0.717) is 6.10 Å². The third kappa shape index (κ3) is 3.97. The predicted octanol–water partition coefficient (Wildman–Crippen LogP) is 4.77. The fourth-order valence-corrected chi connectivity index (χ4v) is 5.00. The van der Waals surface area contributed by atoms with Crippen LogP contribution in [0.3, 0.4) is 0 Å². The zero-order valence-electron chi connectivity index (χ0n) is 14.9. The number of nitrogens with one attached hydrogen (secondary N) is 1. The Morgan fingerprint density at radius 3 is 2.81 bits per heavy atom. The van der Waals surface area contributed by atoms with Gasteiger partial charge in [-0.3, -0.25) is 4.79 Å². The summed E-state index contributed by atoms with van der Waals surface area (Å²) in [6.07, 6.45) is 5.83. The highest BCUT2D eigenvalue weighted by Crippen LogP contribution is 2.31. The van der Waals surface area contributed by atoms with Crippen LogP contribution >= 0.6 is 11.8 Å². The Morgan fingerprint density at radius 1 is 1.08 bits per heavy atom. The third-order valence-corrected chi connectivity index (χ3v) is 6.46. The average molecular weight is 368 g/mol. The number of benzene rings is 2. The Labute approximate surface area is 159 Å². The van der Waals surface area contributed by atoms with Gasteiger partial charge in [0.25, 0.3) is 5.91 Å². The molecule has 1 aliphatic heterocycles. The molecule has 0 unspecified atom stereocenters. The number of hydrogen-bond donors (Lipinski definition) is 1. The van der Waals surface area contributed by atoms with Crippen LogP contribution in [0.5, 0.6) is 0 Å². The first kappa shape index (κ1) is 17.6. The van der Waals surface area contributed by atoms with Crippen LogP contribution in [0.25, 0.3) is 0 Å². The Hall–Kier alpha value is -1.78. The fraction of sp³-hybridized carbons (Fsp3) is 0.409. The molecule has 2 aromatic carbocycles. The molecule has 0 bridgehead atoms. The summed E-state index contributed by atoms with van der Waals surface area (Å²) in [4.78, 5) is 14.0. The van der Waals surface area contributed by atoms with Gasteiger partial charge in [0.15, 0.2) is 0 Å². The summed E-state index contributed by atoms with van der Waals surface area (Å²) in [5, 5.41) is 3.28. The number of thioether (sulfide) groups is 1. The van der Waals surface area contributed by atoms with Crippen LogP contribution in [0.2, 0.25) is 0 Å². The van der Waals surface area contributed by atoms with E-state index in [2.05, 4.69) is 29.6 Å². The summed E-state index contributed by atoms with van der Waals surface area (Å²) >= 11 is 1.73. The van der Waals surface area contributed by atoms with Crippen molar-refractivity contribution in [1.29, 1.82) is 0 Å². The van der Waals surface area contributed by atoms with E-state index in [1.54, 1.807) is 11.8 Å². The first-order valence-electron chi connectivity index (χ1n) is 9.53. The Kier molecular flexibility index (Phi) is 5.61. The van der Waals surface area contributed by atoms with Gasteiger partial charge in [0.1, 0.15) is 0 Å². The van der Waals surface area contributed by atoms with Gasteiger partial charge in [0.05, 0.1) is 17.7 Å². The normalized spacial score (nSPS) is 22.0. The van der Waals surface area contributed by atoms with Crippen molar-refractivity contribution in [2.24, 2.45) is 0 Å². The maximum absolute atomic E-state index is 13.0. The molecular weight excluding hydrogens is 342 g/mol. The molecule has 4 rings (SSSR count). The van der Waals surface area contributed by atoms with Crippen molar-refractivity contribution in [3.8, 4) is 0 Å². The van der Waals surface area contributed by atoms with E-state index < -0.39 is 0 Å². The van der Waals surface area contributed by atoms with Gasteiger partial charge in [-0.25, -0.2) is 0 Å². The van der Waals surface area contributed by atoms with E-state index in [1.165, 1.54) is 11.1 Å². The van der Waals surface area contributed by atoms with E-state index in [-0.39, 0.29) is 11.9 Å². The minimum atomic E-state index is 0.0298. The SMILES string of the molecule is O=C(N[C@@H]1CCCc2ccccc21)c1ccccc1SC[C@H]1CCCO1. The number of carbonyl (C=O) groups excluding carboxylic acids is 1. The summed E-state index contributed by atoms with van der Waals surface area (Å²) in [6, 6.07) is 16.5. The average Bonchev–Trinajstić information content (AvgIpc) is 3.20. The minimum absolute atomic E-state index is 0.0298. The van der Waals surface area contributed by atoms with E-state index in [4.69, 9.17) is 4.74 Å². The van der Waals surface area contributed by atoms with Gasteiger partial charge in [0.2, 0.25) is 0 Å². The molecule has 2 aromatic rings. The van der Waals surface area contributed by atoms with Gasteiger partial charge in [-0.15, -0.1) is 11.8 Å². The lowest BCUT2D eigenvalue weighted by Gasteiger charge is -2.26. The molecule has 1 fully saturated rings. The van der Waals surface area contributed by atoms with E-state index in [1.807, 2.05) is 24.3 Å². The second-order valence-corrected chi connectivity index (χ2v) is 8.12. The fourth-order valence-electron chi connectivity index (χ4n) is 3.88. The van der Waals surface area contributed by atoms with Crippen molar-refractivity contribution in [3.05, 3.63) is 65.2 Å². The molecule has 0 spiro atoms. The summed E-state index contributed by atoms with van der Waals surface area (Å²) in [6.45, 7) is 0.869. The number of ether oxygens (including phenoxy) is 1. The van der Waals surface area contributed by atoms with Gasteiger partial charge < -0.3 is 10.1 Å². The highest BCUT2D eigenvalue weighted by molar-refractivity contribution is 7.99. The standard InChI is InChI=1S/C22H25NO2S/c24-22(23-20-12-5-8-16-7-1-2-10-18(16)20)19-11-3-4-13-21(19)26-15-17-9-6-14-25-17/h1-4,7,10-11,13,17,20H,5-6,8-9,12,14-15H2,(H,23,24)/t17-,20-/m1/s1. The molecular formula is C22H25NO2S. The number of aryl methyl sites for hydroxylation is 1. The van der Waals surface area contributed by atoms with E-state index >= 15 is 0 Å². The van der Waals surface area contributed by atoms with Crippen LogP contribution in [0, 0.1) is 0 Å². The van der Waals surface area contributed by atoms with Crippen molar-refractivity contribution in [3.63, 3.8) is 0 Å². The molecule has 1 saturated heterocycles. The molecule has 1 N–H and O–H groups in total. The topological polar surface area (TPSA) is 38.3 Å². The lowest BCUT2D eigenvalue weighted by Crippen LogP contribution is -2.31. The molecule has 0 radical (unpaired) electrons. The van der Waals surface area contributed by atoms with Gasteiger partial charge in [-0.1, -0.05) is 36.4 Å². The highest BCUT2D eigenvalue weighted by atomic mass is 32.2. The number of hydrogen-bond acceptors (Lipinski definition) is 3. The molecule has 136 valence electrons. The van der Waals surface area contributed by atoms with Gasteiger partial charge in [-0.05, 0) is 55.4 Å². The molecule has 2 atom stereocenters. The Balaban J connectivity index is 1.47. The lowest BCUT2D eigenvalue weighted by molar-refractivity contribution is 0.0929. The number of fused-ring (bicyclic) bond motifs is 1. The molecule has 0 aromatic heterocycles. The van der Waals surface area contributed by atoms with Crippen LogP contribution in [-0.4, -0.2) is 24.4 Å². The molecule has 4 heteroatoms. The largest absolute Gasteiger partial charge is 0.377 e. The first-order valence-corrected chi connectivity index (χ1v) is 10.5. The summed E-state index contributed by atoms with van der Waals surface area (Å²) in [7, 11) is 0. The van der Waals surface area contributed by atoms with Crippen molar-refractivity contribution < 1.29 is 9.53 Å². The minimum Gasteiger partial charge on any atom is -0.377 e. The maximum atomic E-state index is 13.0. The van der Waals surface area contributed by atoms with E-state index in [9.17, 15) is 4.79 Å². The Bertz CT molecular complexity index is 770. The van der Waals surface area contributed by atoms with Crippen LogP contribution in [0.15, 0.2) is 53.4 Å². The third-order valence-electron chi connectivity index (χ3n) is 5.26. The van der Waals surface area contributed by atoms with Crippen LogP contribution in [-0.2, 0) is 11.2 Å². The molecule has 1 aliphatic carbocycles. The number of rotatable bonds is 5. The summed E-state index contributed by atoms with van der Waals surface area (Å²) < 4.78 is 5.71. The van der Waals surface area contributed by atoms with Gasteiger partial charge in [-0.2, -0.15) is 0 Å². The Morgan fingerprint density at radius 2 is 1.92 bits per heavy atom. The molecule has 0 saturated carbocycles. The van der Waals surface area contributed by atoms with Crippen LogP contribution in [0.1, 0.15) is 53.2 Å². The quantitative estimate of drug-likeness (QED) is 0.774. The zero-order chi connectivity index (χ0) is 17.8.